The Labute approximate surface area is 113 Å². The fraction of sp³-hybridized carbons (Fsp3) is 0.600. The van der Waals surface area contributed by atoms with Crippen molar-refractivity contribution >= 4 is 10.0 Å². The maximum Gasteiger partial charge on any atom is 0.320 e. The summed E-state index contributed by atoms with van der Waals surface area (Å²) in [6, 6.07) is 2.41. The van der Waals surface area contributed by atoms with Gasteiger partial charge in [0.25, 0.3) is 10.0 Å². The largest absolute Gasteiger partial charge is 0.447 e. The summed E-state index contributed by atoms with van der Waals surface area (Å²) in [5.74, 6) is -4.15. The average Bonchev–Trinajstić information content (AvgIpc) is 2.83. The van der Waals surface area contributed by atoms with E-state index in [-0.39, 0.29) is 12.3 Å². The van der Waals surface area contributed by atoms with Crippen LogP contribution in [0, 0.1) is 0 Å². The third-order valence-corrected chi connectivity index (χ3v) is 3.54. The van der Waals surface area contributed by atoms with E-state index < -0.39 is 34.0 Å². The molecule has 0 saturated carbocycles. The SMILES string of the molecule is CCNCc1ccc(S(=O)(=O)NCC(F)(F)C(F)F)o1. The molecule has 0 spiro atoms. The van der Waals surface area contributed by atoms with Crippen LogP contribution in [0.4, 0.5) is 17.6 Å². The number of nitrogens with one attached hydrogen (secondary N) is 2. The smallest absolute Gasteiger partial charge is 0.320 e. The Balaban J connectivity index is 2.72. The molecule has 20 heavy (non-hydrogen) atoms. The average molecular weight is 318 g/mol. The van der Waals surface area contributed by atoms with Crippen LogP contribution >= 0.6 is 0 Å². The van der Waals surface area contributed by atoms with Crippen LogP contribution in [0.5, 0.6) is 0 Å². The molecule has 10 heteroatoms. The summed E-state index contributed by atoms with van der Waals surface area (Å²) in [5.41, 5.74) is 0. The highest BCUT2D eigenvalue weighted by atomic mass is 32.2. The second kappa shape index (κ2) is 6.55. The first kappa shape index (κ1) is 16.9. The van der Waals surface area contributed by atoms with Crippen molar-refractivity contribution in [1.82, 2.24) is 10.0 Å². The Morgan fingerprint density at radius 1 is 1.35 bits per heavy atom. The van der Waals surface area contributed by atoms with E-state index in [1.807, 2.05) is 6.92 Å². The molecule has 0 atom stereocenters. The van der Waals surface area contributed by atoms with Crippen LogP contribution < -0.4 is 10.0 Å². The van der Waals surface area contributed by atoms with E-state index in [1.165, 1.54) is 10.8 Å². The number of hydrogen-bond acceptors (Lipinski definition) is 4. The molecule has 0 aliphatic heterocycles. The number of rotatable bonds is 8. The van der Waals surface area contributed by atoms with Gasteiger partial charge in [0, 0.05) is 0 Å². The minimum absolute atomic E-state index is 0.263. The van der Waals surface area contributed by atoms with E-state index in [0.29, 0.717) is 6.54 Å². The molecule has 5 nitrogen and oxygen atoms in total. The van der Waals surface area contributed by atoms with Crippen molar-refractivity contribution < 1.29 is 30.4 Å². The van der Waals surface area contributed by atoms with Crippen molar-refractivity contribution in [3.63, 3.8) is 0 Å². The molecule has 0 unspecified atom stereocenters. The third kappa shape index (κ3) is 4.46. The highest BCUT2D eigenvalue weighted by Crippen LogP contribution is 2.22. The zero-order valence-electron chi connectivity index (χ0n) is 10.5. The molecule has 0 fully saturated rings. The zero-order chi connectivity index (χ0) is 15.4. The van der Waals surface area contributed by atoms with Crippen molar-refractivity contribution in [2.45, 2.75) is 30.9 Å². The molecule has 0 saturated heterocycles. The van der Waals surface area contributed by atoms with Crippen LogP contribution in [-0.4, -0.2) is 33.9 Å². The van der Waals surface area contributed by atoms with E-state index in [0.717, 1.165) is 6.07 Å². The molecule has 0 aliphatic rings. The molecule has 0 amide bonds. The highest BCUT2D eigenvalue weighted by molar-refractivity contribution is 7.89. The molecule has 1 aromatic heterocycles. The first-order chi connectivity index (χ1) is 9.19. The predicted molar refractivity (Wildman–Crippen MR) is 62.2 cm³/mol. The number of alkyl halides is 4. The minimum atomic E-state index is -4.44. The molecular formula is C10H14F4N2O3S. The van der Waals surface area contributed by atoms with Gasteiger partial charge in [0.05, 0.1) is 13.1 Å². The predicted octanol–water partition coefficient (Wildman–Crippen LogP) is 1.57. The molecule has 0 aromatic carbocycles. The van der Waals surface area contributed by atoms with Gasteiger partial charge < -0.3 is 9.73 Å². The molecule has 0 aliphatic carbocycles. The highest BCUT2D eigenvalue weighted by Gasteiger charge is 2.41. The monoisotopic (exact) mass is 318 g/mol. The summed E-state index contributed by atoms with van der Waals surface area (Å²) >= 11 is 0. The number of furan rings is 1. The lowest BCUT2D eigenvalue weighted by atomic mass is 10.4. The second-order valence-corrected chi connectivity index (χ2v) is 5.59. The molecule has 1 aromatic rings. The van der Waals surface area contributed by atoms with Gasteiger partial charge in [-0.1, -0.05) is 6.92 Å². The van der Waals surface area contributed by atoms with Crippen molar-refractivity contribution in [1.29, 1.82) is 0 Å². The lowest BCUT2D eigenvalue weighted by Crippen LogP contribution is -2.41. The van der Waals surface area contributed by atoms with Gasteiger partial charge in [0.1, 0.15) is 5.76 Å². The van der Waals surface area contributed by atoms with E-state index >= 15 is 0 Å². The molecule has 2 N–H and O–H groups in total. The number of sulfonamides is 1. The summed E-state index contributed by atoms with van der Waals surface area (Å²) in [7, 11) is -4.39. The van der Waals surface area contributed by atoms with E-state index in [2.05, 4.69) is 5.32 Å². The van der Waals surface area contributed by atoms with Gasteiger partial charge in [-0.05, 0) is 18.7 Å². The Morgan fingerprint density at radius 2 is 2.00 bits per heavy atom. The Morgan fingerprint density at radius 3 is 2.55 bits per heavy atom. The van der Waals surface area contributed by atoms with Gasteiger partial charge in [-0.3, -0.25) is 0 Å². The van der Waals surface area contributed by atoms with E-state index in [4.69, 9.17) is 4.42 Å². The van der Waals surface area contributed by atoms with Gasteiger partial charge in [0.2, 0.25) is 5.09 Å². The molecule has 0 bridgehead atoms. The first-order valence-electron chi connectivity index (χ1n) is 5.64. The van der Waals surface area contributed by atoms with Crippen LogP contribution in [0.3, 0.4) is 0 Å². The van der Waals surface area contributed by atoms with Crippen LogP contribution in [0.15, 0.2) is 21.6 Å². The fourth-order valence-corrected chi connectivity index (χ4v) is 2.17. The van der Waals surface area contributed by atoms with E-state index in [9.17, 15) is 26.0 Å². The Kier molecular flexibility index (Phi) is 5.54. The van der Waals surface area contributed by atoms with Crippen molar-refractivity contribution in [3.05, 3.63) is 17.9 Å². The standard InChI is InChI=1S/C10H14F4N2O3S/c1-2-15-5-7-3-4-8(19-7)20(17,18)16-6-10(13,14)9(11)12/h3-4,9,15-16H,2,5-6H2,1H3. The number of hydrogen-bond donors (Lipinski definition) is 2. The quantitative estimate of drug-likeness (QED) is 0.714. The molecule has 116 valence electrons. The fourth-order valence-electron chi connectivity index (χ4n) is 1.19. The van der Waals surface area contributed by atoms with Crippen molar-refractivity contribution in [2.75, 3.05) is 13.1 Å². The van der Waals surface area contributed by atoms with Gasteiger partial charge >= 0.3 is 12.3 Å². The third-order valence-electron chi connectivity index (χ3n) is 2.27. The first-order valence-corrected chi connectivity index (χ1v) is 7.12. The Bertz CT molecular complexity index is 530. The molecule has 0 radical (unpaired) electrons. The van der Waals surface area contributed by atoms with Gasteiger partial charge in [-0.2, -0.15) is 8.78 Å². The van der Waals surface area contributed by atoms with Crippen LogP contribution in [0.1, 0.15) is 12.7 Å². The van der Waals surface area contributed by atoms with Gasteiger partial charge in [-0.25, -0.2) is 21.9 Å². The Hall–Kier alpha value is -1.13. The molecule has 1 heterocycles. The van der Waals surface area contributed by atoms with Crippen LogP contribution in [-0.2, 0) is 16.6 Å². The molecule has 1 rings (SSSR count). The zero-order valence-corrected chi connectivity index (χ0v) is 11.3. The van der Waals surface area contributed by atoms with Gasteiger partial charge in [-0.15, -0.1) is 0 Å². The molecular weight excluding hydrogens is 304 g/mol. The van der Waals surface area contributed by atoms with Crippen LogP contribution in [0.2, 0.25) is 0 Å². The summed E-state index contributed by atoms with van der Waals surface area (Å²) in [5, 5.41) is 2.27. The van der Waals surface area contributed by atoms with E-state index in [1.54, 1.807) is 0 Å². The summed E-state index contributed by atoms with van der Waals surface area (Å²) in [4.78, 5) is 0. The minimum Gasteiger partial charge on any atom is -0.447 e. The maximum absolute atomic E-state index is 12.6. The lowest BCUT2D eigenvalue weighted by Gasteiger charge is -2.15. The lowest BCUT2D eigenvalue weighted by molar-refractivity contribution is -0.122. The summed E-state index contributed by atoms with van der Waals surface area (Å²) in [6.07, 6.45) is -3.95. The number of halogens is 4. The maximum atomic E-state index is 12.6. The summed E-state index contributed by atoms with van der Waals surface area (Å²) < 4.78 is 78.6. The van der Waals surface area contributed by atoms with Crippen molar-refractivity contribution in [2.24, 2.45) is 0 Å². The van der Waals surface area contributed by atoms with Crippen molar-refractivity contribution in [3.8, 4) is 0 Å². The topological polar surface area (TPSA) is 71.3 Å². The second-order valence-electron chi connectivity index (χ2n) is 3.89. The summed E-state index contributed by atoms with van der Waals surface area (Å²) in [6.45, 7) is 1.02. The van der Waals surface area contributed by atoms with Gasteiger partial charge in [0.15, 0.2) is 0 Å². The van der Waals surface area contributed by atoms with Crippen LogP contribution in [0.25, 0.3) is 0 Å². The normalized spacial score (nSPS) is 13.1.